The molecule has 1 heterocycles. The first-order valence-electron chi connectivity index (χ1n) is 6.70. The number of nitro groups is 1. The fourth-order valence-corrected chi connectivity index (χ4v) is 3.19. The summed E-state index contributed by atoms with van der Waals surface area (Å²) in [4.78, 5) is 14.6. The fourth-order valence-electron chi connectivity index (χ4n) is 2.20. The topological polar surface area (TPSA) is 68.1 Å². The Kier molecular flexibility index (Phi) is 3.91. The maximum absolute atomic E-state index is 13.8. The highest BCUT2D eigenvalue weighted by Crippen LogP contribution is 2.31. The van der Waals surface area contributed by atoms with Gasteiger partial charge < -0.3 is 5.32 Å². The van der Waals surface area contributed by atoms with Crippen molar-refractivity contribution >= 4 is 32.4 Å². The number of benzene rings is 2. The van der Waals surface area contributed by atoms with Crippen molar-refractivity contribution in [2.45, 2.75) is 13.0 Å². The van der Waals surface area contributed by atoms with Gasteiger partial charge in [0.05, 0.1) is 21.2 Å². The third-order valence-electron chi connectivity index (χ3n) is 3.35. The number of nitrogens with zero attached hydrogens (tertiary/aromatic N) is 2. The van der Waals surface area contributed by atoms with Crippen molar-refractivity contribution in [3.63, 3.8) is 0 Å². The Balaban J connectivity index is 1.87. The molecule has 1 atom stereocenters. The number of halogens is 2. The fraction of sp³-hybridized carbons (Fsp3) is 0.133. The summed E-state index contributed by atoms with van der Waals surface area (Å²) in [6.07, 6.45) is 0. The van der Waals surface area contributed by atoms with Crippen LogP contribution in [0.1, 0.15) is 18.5 Å². The average molecular weight is 335 g/mol. The molecule has 0 aliphatic heterocycles. The largest absolute Gasteiger partial charge is 0.355 e. The lowest BCUT2D eigenvalue weighted by molar-refractivity contribution is -0.384. The molecular weight excluding hydrogens is 324 g/mol. The van der Waals surface area contributed by atoms with Crippen molar-refractivity contribution in [3.05, 3.63) is 63.7 Å². The van der Waals surface area contributed by atoms with E-state index < -0.39 is 22.6 Å². The Bertz CT molecular complexity index is 898. The second-order valence-corrected chi connectivity index (χ2v) is 5.99. The number of aromatic nitrogens is 1. The molecule has 0 saturated carbocycles. The molecule has 0 aliphatic rings. The molecule has 0 bridgehead atoms. The predicted octanol–water partition coefficient (Wildman–Crippen LogP) is 4.66. The van der Waals surface area contributed by atoms with Gasteiger partial charge in [0.25, 0.3) is 5.69 Å². The van der Waals surface area contributed by atoms with E-state index in [9.17, 15) is 18.9 Å². The van der Waals surface area contributed by atoms with Crippen molar-refractivity contribution in [1.82, 2.24) is 4.98 Å². The monoisotopic (exact) mass is 335 g/mol. The lowest BCUT2D eigenvalue weighted by atomic mass is 10.1. The Labute approximate surface area is 133 Å². The second-order valence-electron chi connectivity index (χ2n) is 4.96. The van der Waals surface area contributed by atoms with E-state index in [4.69, 9.17) is 0 Å². The maximum atomic E-state index is 13.8. The molecule has 1 unspecified atom stereocenters. The number of thiazole rings is 1. The first kappa shape index (κ1) is 15.3. The molecular formula is C15H11F2N3O2S. The van der Waals surface area contributed by atoms with E-state index in [1.165, 1.54) is 35.6 Å². The number of fused-ring (bicyclic) bond motifs is 1. The highest BCUT2D eigenvalue weighted by molar-refractivity contribution is 7.22. The smallest absolute Gasteiger partial charge is 0.270 e. The molecule has 5 nitrogen and oxygen atoms in total. The summed E-state index contributed by atoms with van der Waals surface area (Å²) in [5.74, 6) is -1.27. The Morgan fingerprint density at radius 2 is 2.04 bits per heavy atom. The SMILES string of the molecule is CC(Nc1nc2ccc([N+](=O)[O-])cc2s1)c1ccc(F)cc1F. The molecule has 0 radical (unpaired) electrons. The Morgan fingerprint density at radius 3 is 2.74 bits per heavy atom. The summed E-state index contributed by atoms with van der Waals surface area (Å²) >= 11 is 1.24. The van der Waals surface area contributed by atoms with E-state index in [-0.39, 0.29) is 5.69 Å². The minimum atomic E-state index is -0.637. The van der Waals surface area contributed by atoms with Crippen LogP contribution in [0, 0.1) is 21.7 Å². The molecule has 0 fully saturated rings. The summed E-state index contributed by atoms with van der Waals surface area (Å²) in [5.41, 5.74) is 0.928. The van der Waals surface area contributed by atoms with Gasteiger partial charge in [-0.3, -0.25) is 10.1 Å². The zero-order chi connectivity index (χ0) is 16.6. The average Bonchev–Trinajstić information content (AvgIpc) is 2.87. The molecule has 0 spiro atoms. The van der Waals surface area contributed by atoms with Gasteiger partial charge in [-0.05, 0) is 19.1 Å². The number of anilines is 1. The lowest BCUT2D eigenvalue weighted by Crippen LogP contribution is -2.08. The second kappa shape index (κ2) is 5.88. The van der Waals surface area contributed by atoms with Crippen LogP contribution in [0.4, 0.5) is 19.6 Å². The normalized spacial score (nSPS) is 12.3. The molecule has 2 aromatic carbocycles. The molecule has 0 amide bonds. The number of nitrogens with one attached hydrogen (secondary N) is 1. The molecule has 1 N–H and O–H groups in total. The third kappa shape index (κ3) is 3.11. The van der Waals surface area contributed by atoms with Gasteiger partial charge >= 0.3 is 0 Å². The van der Waals surface area contributed by atoms with Crippen molar-refractivity contribution in [1.29, 1.82) is 0 Å². The van der Waals surface area contributed by atoms with Crippen molar-refractivity contribution < 1.29 is 13.7 Å². The highest BCUT2D eigenvalue weighted by atomic mass is 32.1. The molecule has 118 valence electrons. The van der Waals surface area contributed by atoms with Gasteiger partial charge in [-0.15, -0.1) is 0 Å². The van der Waals surface area contributed by atoms with Gasteiger partial charge in [-0.25, -0.2) is 13.8 Å². The third-order valence-corrected chi connectivity index (χ3v) is 4.30. The molecule has 8 heteroatoms. The van der Waals surface area contributed by atoms with E-state index >= 15 is 0 Å². The minimum absolute atomic E-state index is 0.00896. The van der Waals surface area contributed by atoms with Gasteiger partial charge in [0.2, 0.25) is 0 Å². The van der Waals surface area contributed by atoms with E-state index in [0.717, 1.165) is 6.07 Å². The van der Waals surface area contributed by atoms with Crippen LogP contribution in [-0.2, 0) is 0 Å². The van der Waals surface area contributed by atoms with Crippen LogP contribution in [0.5, 0.6) is 0 Å². The van der Waals surface area contributed by atoms with Crippen LogP contribution >= 0.6 is 11.3 Å². The standard InChI is InChI=1S/C15H11F2N3O2S/c1-8(11-4-2-9(16)6-12(11)17)18-15-19-13-5-3-10(20(21)22)7-14(13)23-15/h2-8H,1H3,(H,18,19). The van der Waals surface area contributed by atoms with E-state index in [1.54, 1.807) is 13.0 Å². The number of hydrogen-bond acceptors (Lipinski definition) is 5. The van der Waals surface area contributed by atoms with Gasteiger partial charge in [0.1, 0.15) is 11.6 Å². The quantitative estimate of drug-likeness (QED) is 0.556. The summed E-state index contributed by atoms with van der Waals surface area (Å²) in [5, 5.41) is 14.3. The summed E-state index contributed by atoms with van der Waals surface area (Å²) < 4.78 is 27.4. The maximum Gasteiger partial charge on any atom is 0.270 e. The van der Waals surface area contributed by atoms with Crippen molar-refractivity contribution in [2.24, 2.45) is 0 Å². The summed E-state index contributed by atoms with van der Waals surface area (Å²) in [7, 11) is 0. The predicted molar refractivity (Wildman–Crippen MR) is 84.7 cm³/mol. The summed E-state index contributed by atoms with van der Waals surface area (Å²) in [6.45, 7) is 1.73. The molecule has 0 saturated heterocycles. The van der Waals surface area contributed by atoms with Crippen LogP contribution in [-0.4, -0.2) is 9.91 Å². The summed E-state index contributed by atoms with van der Waals surface area (Å²) in [6, 6.07) is 7.37. The molecule has 3 rings (SSSR count). The van der Waals surface area contributed by atoms with Gasteiger partial charge in [-0.1, -0.05) is 17.4 Å². The van der Waals surface area contributed by atoms with Crippen molar-refractivity contribution in [2.75, 3.05) is 5.32 Å². The first-order chi connectivity index (χ1) is 10.9. The zero-order valence-electron chi connectivity index (χ0n) is 11.9. The number of non-ortho nitro benzene ring substituents is 1. The van der Waals surface area contributed by atoms with Gasteiger partial charge in [-0.2, -0.15) is 0 Å². The first-order valence-corrected chi connectivity index (χ1v) is 7.52. The van der Waals surface area contributed by atoms with Crippen LogP contribution in [0.25, 0.3) is 10.2 Å². The van der Waals surface area contributed by atoms with E-state index in [2.05, 4.69) is 10.3 Å². The number of rotatable bonds is 4. The molecule has 1 aromatic heterocycles. The lowest BCUT2D eigenvalue weighted by Gasteiger charge is -2.13. The Morgan fingerprint density at radius 1 is 1.26 bits per heavy atom. The van der Waals surface area contributed by atoms with E-state index in [1.807, 2.05) is 0 Å². The van der Waals surface area contributed by atoms with E-state index in [0.29, 0.717) is 20.9 Å². The van der Waals surface area contributed by atoms with Crippen molar-refractivity contribution in [3.8, 4) is 0 Å². The number of hydrogen-bond donors (Lipinski definition) is 1. The highest BCUT2D eigenvalue weighted by Gasteiger charge is 2.15. The molecule has 0 aliphatic carbocycles. The van der Waals surface area contributed by atoms with Gasteiger partial charge in [0.15, 0.2) is 5.13 Å². The van der Waals surface area contributed by atoms with Crippen LogP contribution < -0.4 is 5.32 Å². The molecule has 23 heavy (non-hydrogen) atoms. The zero-order valence-corrected chi connectivity index (χ0v) is 12.7. The number of nitro benzene ring substituents is 1. The van der Waals surface area contributed by atoms with Gasteiger partial charge in [0, 0.05) is 23.8 Å². The Hall–Kier alpha value is -2.61. The van der Waals surface area contributed by atoms with Crippen LogP contribution in [0.2, 0.25) is 0 Å². The van der Waals surface area contributed by atoms with Crippen LogP contribution in [0.15, 0.2) is 36.4 Å². The molecule has 3 aromatic rings. The minimum Gasteiger partial charge on any atom is -0.355 e. The van der Waals surface area contributed by atoms with Crippen LogP contribution in [0.3, 0.4) is 0 Å².